The van der Waals surface area contributed by atoms with E-state index in [-0.39, 0.29) is 22.7 Å². The van der Waals surface area contributed by atoms with E-state index in [1.165, 1.54) is 25.4 Å². The Morgan fingerprint density at radius 3 is 2.82 bits per heavy atom. The molecule has 7 nitrogen and oxygen atoms in total. The van der Waals surface area contributed by atoms with Crippen molar-refractivity contribution in [1.82, 2.24) is 5.16 Å². The van der Waals surface area contributed by atoms with E-state index in [1.54, 1.807) is 6.07 Å². The molecule has 1 aromatic heterocycles. The fourth-order valence-corrected chi connectivity index (χ4v) is 1.43. The third kappa shape index (κ3) is 1.89. The molecule has 2 N–H and O–H groups in total. The Balaban J connectivity index is 2.62. The molecule has 0 amide bonds. The summed E-state index contributed by atoms with van der Waals surface area (Å²) in [7, 11) is 1.43. The van der Waals surface area contributed by atoms with Gasteiger partial charge in [0.15, 0.2) is 5.76 Å². The van der Waals surface area contributed by atoms with Gasteiger partial charge in [-0.2, -0.15) is 0 Å². The normalized spacial score (nSPS) is 10.2. The molecule has 0 aliphatic rings. The highest BCUT2D eigenvalue weighted by Gasteiger charge is 2.21. The topological polar surface area (TPSA) is 104 Å². The number of hydrogen-bond acceptors (Lipinski definition) is 6. The molecule has 7 heteroatoms. The lowest BCUT2D eigenvalue weighted by atomic mass is 10.1. The van der Waals surface area contributed by atoms with Gasteiger partial charge in [0.2, 0.25) is 0 Å². The predicted molar refractivity (Wildman–Crippen MR) is 59.6 cm³/mol. The van der Waals surface area contributed by atoms with E-state index in [1.807, 2.05) is 0 Å². The Bertz CT molecular complexity index is 564. The highest BCUT2D eigenvalue weighted by molar-refractivity contribution is 5.78. The van der Waals surface area contributed by atoms with Crippen LogP contribution < -0.4 is 10.5 Å². The first-order chi connectivity index (χ1) is 8.13. The molecule has 0 spiro atoms. The molecule has 1 aromatic carbocycles. The highest BCUT2D eigenvalue weighted by Crippen LogP contribution is 2.35. The van der Waals surface area contributed by atoms with Gasteiger partial charge in [-0.15, -0.1) is 0 Å². The van der Waals surface area contributed by atoms with Crippen LogP contribution in [0.15, 0.2) is 28.9 Å². The molecule has 0 bridgehead atoms. The summed E-state index contributed by atoms with van der Waals surface area (Å²) in [6.45, 7) is 0. The Morgan fingerprint density at radius 1 is 1.53 bits per heavy atom. The van der Waals surface area contributed by atoms with E-state index in [0.29, 0.717) is 5.75 Å². The molecule has 1 heterocycles. The average Bonchev–Trinajstić information content (AvgIpc) is 2.74. The van der Waals surface area contributed by atoms with Gasteiger partial charge in [0.05, 0.1) is 24.3 Å². The Morgan fingerprint density at radius 2 is 2.29 bits per heavy atom. The molecule has 88 valence electrons. The molecule has 2 aromatic rings. The van der Waals surface area contributed by atoms with Crippen molar-refractivity contribution in [3.8, 4) is 17.1 Å². The standard InChI is InChI=1S/C10H9N3O4/c1-16-6-2-3-7(9(4-6)13(14)15)10-8(11)5-12-17-10/h2-5H,11H2,1H3. The second kappa shape index (κ2) is 4.12. The minimum atomic E-state index is -0.528. The van der Waals surface area contributed by atoms with E-state index in [4.69, 9.17) is 15.0 Å². The zero-order valence-corrected chi connectivity index (χ0v) is 8.91. The molecule has 0 saturated heterocycles. The minimum Gasteiger partial charge on any atom is -0.497 e. The maximum atomic E-state index is 10.9. The van der Waals surface area contributed by atoms with Crippen molar-refractivity contribution in [2.75, 3.05) is 12.8 Å². The SMILES string of the molecule is COc1ccc(-c2oncc2N)c([N+](=O)[O-])c1. The predicted octanol–water partition coefficient (Wildman–Crippen LogP) is 1.84. The van der Waals surface area contributed by atoms with Gasteiger partial charge in [-0.1, -0.05) is 5.16 Å². The number of ether oxygens (including phenoxy) is 1. The summed E-state index contributed by atoms with van der Waals surface area (Å²) in [5, 5.41) is 14.4. The lowest BCUT2D eigenvalue weighted by molar-refractivity contribution is -0.384. The number of methoxy groups -OCH3 is 1. The number of hydrogen-bond donors (Lipinski definition) is 1. The van der Waals surface area contributed by atoms with Crippen molar-refractivity contribution in [3.63, 3.8) is 0 Å². The number of aromatic nitrogens is 1. The summed E-state index contributed by atoms with van der Waals surface area (Å²) in [5.74, 6) is 0.567. The number of nitrogens with zero attached hydrogens (tertiary/aromatic N) is 2. The Hall–Kier alpha value is -2.57. The van der Waals surface area contributed by atoms with Crippen molar-refractivity contribution >= 4 is 11.4 Å². The van der Waals surface area contributed by atoms with Crippen LogP contribution in [0.3, 0.4) is 0 Å². The first-order valence-electron chi connectivity index (χ1n) is 4.66. The molecule has 0 atom stereocenters. The number of nitrogen functional groups attached to an aromatic ring is 1. The second-order valence-corrected chi connectivity index (χ2v) is 3.25. The summed E-state index contributed by atoms with van der Waals surface area (Å²) in [6.07, 6.45) is 1.29. The fraction of sp³-hybridized carbons (Fsp3) is 0.100. The van der Waals surface area contributed by atoms with Gasteiger partial charge in [-0.3, -0.25) is 10.1 Å². The molecule has 0 radical (unpaired) electrons. The number of nitro benzene ring substituents is 1. The van der Waals surface area contributed by atoms with Gasteiger partial charge in [-0.05, 0) is 12.1 Å². The van der Waals surface area contributed by atoms with Crippen molar-refractivity contribution in [3.05, 3.63) is 34.5 Å². The average molecular weight is 235 g/mol. The number of rotatable bonds is 3. The lowest BCUT2D eigenvalue weighted by Crippen LogP contribution is -1.94. The molecule has 17 heavy (non-hydrogen) atoms. The first kappa shape index (κ1) is 10.9. The summed E-state index contributed by atoms with van der Waals surface area (Å²) in [5.41, 5.74) is 5.97. The number of nitrogens with two attached hydrogens (primary N) is 1. The zero-order valence-electron chi connectivity index (χ0n) is 8.91. The third-order valence-electron chi connectivity index (χ3n) is 2.24. The van der Waals surface area contributed by atoms with Crippen molar-refractivity contribution in [2.24, 2.45) is 0 Å². The largest absolute Gasteiger partial charge is 0.497 e. The van der Waals surface area contributed by atoms with Gasteiger partial charge >= 0.3 is 0 Å². The van der Waals surface area contributed by atoms with E-state index >= 15 is 0 Å². The zero-order chi connectivity index (χ0) is 12.4. The number of nitro groups is 1. The molecule has 0 fully saturated rings. The van der Waals surface area contributed by atoms with E-state index in [9.17, 15) is 10.1 Å². The maximum Gasteiger partial charge on any atom is 0.284 e. The molecular formula is C10H9N3O4. The smallest absolute Gasteiger partial charge is 0.284 e. The van der Waals surface area contributed by atoms with Crippen LogP contribution in [0, 0.1) is 10.1 Å². The van der Waals surface area contributed by atoms with Crippen LogP contribution in [0.1, 0.15) is 0 Å². The number of benzene rings is 1. The van der Waals surface area contributed by atoms with Crippen LogP contribution in [0.5, 0.6) is 5.75 Å². The summed E-state index contributed by atoms with van der Waals surface area (Å²) < 4.78 is 9.82. The Labute approximate surface area is 95.9 Å². The minimum absolute atomic E-state index is 0.146. The van der Waals surface area contributed by atoms with Crippen molar-refractivity contribution in [1.29, 1.82) is 0 Å². The van der Waals surface area contributed by atoms with Crippen LogP contribution in [-0.4, -0.2) is 17.2 Å². The van der Waals surface area contributed by atoms with Crippen LogP contribution in [0.2, 0.25) is 0 Å². The lowest BCUT2D eigenvalue weighted by Gasteiger charge is -2.03. The van der Waals surface area contributed by atoms with Gasteiger partial charge in [-0.25, -0.2) is 0 Å². The van der Waals surface area contributed by atoms with Gasteiger partial charge < -0.3 is 15.0 Å². The van der Waals surface area contributed by atoms with E-state index < -0.39 is 4.92 Å². The summed E-state index contributed by atoms with van der Waals surface area (Å²) >= 11 is 0. The quantitative estimate of drug-likeness (QED) is 0.642. The van der Waals surface area contributed by atoms with Crippen LogP contribution in [0.4, 0.5) is 11.4 Å². The first-order valence-corrected chi connectivity index (χ1v) is 4.66. The Kier molecular flexibility index (Phi) is 2.65. The molecule has 0 unspecified atom stereocenters. The van der Waals surface area contributed by atoms with Gasteiger partial charge in [0, 0.05) is 0 Å². The van der Waals surface area contributed by atoms with Crippen molar-refractivity contribution in [2.45, 2.75) is 0 Å². The van der Waals surface area contributed by atoms with E-state index in [0.717, 1.165) is 0 Å². The maximum absolute atomic E-state index is 10.9. The van der Waals surface area contributed by atoms with Gasteiger partial charge in [0.1, 0.15) is 17.0 Å². The van der Waals surface area contributed by atoms with Gasteiger partial charge in [0.25, 0.3) is 5.69 Å². The fourth-order valence-electron chi connectivity index (χ4n) is 1.43. The summed E-state index contributed by atoms with van der Waals surface area (Å²) in [4.78, 5) is 10.4. The number of anilines is 1. The van der Waals surface area contributed by atoms with Crippen molar-refractivity contribution < 1.29 is 14.2 Å². The highest BCUT2D eigenvalue weighted by atomic mass is 16.6. The second-order valence-electron chi connectivity index (χ2n) is 3.25. The molecule has 2 rings (SSSR count). The molecular weight excluding hydrogens is 226 g/mol. The van der Waals surface area contributed by atoms with Crippen LogP contribution in [0.25, 0.3) is 11.3 Å². The molecule has 0 aliphatic carbocycles. The third-order valence-corrected chi connectivity index (χ3v) is 2.24. The van der Waals surface area contributed by atoms with Crippen LogP contribution >= 0.6 is 0 Å². The monoisotopic (exact) mass is 235 g/mol. The summed E-state index contributed by atoms with van der Waals surface area (Å²) in [6, 6.07) is 4.40. The van der Waals surface area contributed by atoms with Crippen LogP contribution in [-0.2, 0) is 0 Å². The molecule has 0 saturated carbocycles. The van der Waals surface area contributed by atoms with E-state index in [2.05, 4.69) is 5.16 Å². The molecule has 0 aliphatic heterocycles.